The lowest BCUT2D eigenvalue weighted by Gasteiger charge is -2.15. The molecule has 0 amide bonds. The summed E-state index contributed by atoms with van der Waals surface area (Å²) < 4.78 is 0. The maximum Gasteiger partial charge on any atom is 0.115 e. The van der Waals surface area contributed by atoms with Crippen molar-refractivity contribution in [3.05, 3.63) is 24.3 Å². The van der Waals surface area contributed by atoms with Crippen LogP contribution in [0, 0.1) is 0 Å². The maximum absolute atomic E-state index is 5.76. The van der Waals surface area contributed by atoms with Gasteiger partial charge in [0.25, 0.3) is 0 Å². The van der Waals surface area contributed by atoms with Crippen LogP contribution in [0.15, 0.2) is 29.3 Å². The van der Waals surface area contributed by atoms with Crippen molar-refractivity contribution in [1.82, 2.24) is 0 Å². The monoisotopic (exact) mass is 248 g/mol. The molecule has 0 bridgehead atoms. The lowest BCUT2D eigenvalue weighted by Crippen LogP contribution is -2.25. The average molecular weight is 248 g/mol. The molecule has 0 unspecified atom stereocenters. The maximum atomic E-state index is 5.76. The van der Waals surface area contributed by atoms with Crippen LogP contribution in [0.4, 0.5) is 11.4 Å². The molecule has 0 heterocycles. The predicted molar refractivity (Wildman–Crippen MR) is 80.5 cm³/mol. The van der Waals surface area contributed by atoms with Gasteiger partial charge in [0.05, 0.1) is 24.0 Å². The first-order valence-corrected chi connectivity index (χ1v) is 6.55. The van der Waals surface area contributed by atoms with Crippen molar-refractivity contribution < 1.29 is 0 Å². The molecule has 4 heteroatoms. The lowest BCUT2D eigenvalue weighted by molar-refractivity contribution is 0.631. The smallest absolute Gasteiger partial charge is 0.115 e. The van der Waals surface area contributed by atoms with Crippen molar-refractivity contribution in [3.8, 4) is 0 Å². The van der Waals surface area contributed by atoms with E-state index in [1.54, 1.807) is 0 Å². The summed E-state index contributed by atoms with van der Waals surface area (Å²) in [6.07, 6.45) is 2.07. The number of rotatable bonds is 6. The van der Waals surface area contributed by atoms with Gasteiger partial charge in [-0.15, -0.1) is 0 Å². The van der Waals surface area contributed by atoms with Gasteiger partial charge in [-0.25, -0.2) is 0 Å². The summed E-state index contributed by atoms with van der Waals surface area (Å²) in [4.78, 5) is 4.65. The Hall–Kier alpha value is -1.55. The van der Waals surface area contributed by atoms with Crippen molar-refractivity contribution in [1.29, 1.82) is 0 Å². The Morgan fingerprint density at radius 2 is 1.83 bits per heavy atom. The molecule has 0 aromatic heterocycles. The normalized spacial score (nSPS) is 11.7. The first kappa shape index (κ1) is 14.5. The largest absolute Gasteiger partial charge is 0.386 e. The van der Waals surface area contributed by atoms with Gasteiger partial charge in [-0.05, 0) is 25.0 Å². The number of anilines is 2. The number of para-hydroxylation sites is 2. The minimum absolute atomic E-state index is 0.345. The van der Waals surface area contributed by atoms with Gasteiger partial charge in [-0.3, -0.25) is 4.99 Å². The van der Waals surface area contributed by atoms with E-state index in [1.807, 2.05) is 31.3 Å². The Morgan fingerprint density at radius 1 is 1.22 bits per heavy atom. The number of nitrogens with one attached hydrogen (secondary N) is 2. The summed E-state index contributed by atoms with van der Waals surface area (Å²) >= 11 is 0. The second-order valence-corrected chi connectivity index (χ2v) is 4.17. The van der Waals surface area contributed by atoms with E-state index < -0.39 is 0 Å². The summed E-state index contributed by atoms with van der Waals surface area (Å²) in [7, 11) is 1.90. The molecule has 0 spiro atoms. The Bertz CT molecular complexity index is 383. The van der Waals surface area contributed by atoms with E-state index in [0.29, 0.717) is 12.6 Å². The molecule has 18 heavy (non-hydrogen) atoms. The number of hydrogen-bond acceptors (Lipinski definition) is 3. The van der Waals surface area contributed by atoms with E-state index in [0.717, 1.165) is 30.1 Å². The Balaban J connectivity index is 2.85. The van der Waals surface area contributed by atoms with Crippen LogP contribution in [-0.2, 0) is 0 Å². The molecular weight excluding hydrogens is 224 g/mol. The van der Waals surface area contributed by atoms with Crippen LogP contribution >= 0.6 is 0 Å². The van der Waals surface area contributed by atoms with Crippen LogP contribution in [0.5, 0.6) is 0 Å². The van der Waals surface area contributed by atoms with E-state index >= 15 is 0 Å². The highest BCUT2D eigenvalue weighted by Crippen LogP contribution is 2.20. The Kier molecular flexibility index (Phi) is 6.22. The fourth-order valence-corrected chi connectivity index (χ4v) is 1.79. The first-order chi connectivity index (χ1) is 8.74. The van der Waals surface area contributed by atoms with Gasteiger partial charge in [0, 0.05) is 7.05 Å². The van der Waals surface area contributed by atoms with Crippen LogP contribution in [0.3, 0.4) is 0 Å². The highest BCUT2D eigenvalue weighted by Gasteiger charge is 2.05. The number of aliphatic imine (C=N–C) groups is 1. The van der Waals surface area contributed by atoms with Crippen molar-refractivity contribution in [2.75, 3.05) is 24.2 Å². The van der Waals surface area contributed by atoms with Gasteiger partial charge in [0.1, 0.15) is 5.84 Å². The molecule has 0 aliphatic rings. The van der Waals surface area contributed by atoms with Gasteiger partial charge < -0.3 is 16.4 Å². The number of benzene rings is 1. The van der Waals surface area contributed by atoms with Crippen LogP contribution < -0.4 is 16.4 Å². The third-order valence-electron chi connectivity index (χ3n) is 2.95. The van der Waals surface area contributed by atoms with Crippen molar-refractivity contribution >= 4 is 17.2 Å². The van der Waals surface area contributed by atoms with E-state index in [9.17, 15) is 0 Å². The zero-order chi connectivity index (χ0) is 13.4. The van der Waals surface area contributed by atoms with Crippen molar-refractivity contribution in [3.63, 3.8) is 0 Å². The SMILES string of the molecule is CCC(CC)N=C(CN)Nc1ccccc1NC. The number of nitrogens with zero attached hydrogens (tertiary/aromatic N) is 1. The van der Waals surface area contributed by atoms with E-state index in [1.165, 1.54) is 0 Å². The van der Waals surface area contributed by atoms with Crippen molar-refractivity contribution in [2.24, 2.45) is 10.7 Å². The van der Waals surface area contributed by atoms with Gasteiger partial charge in [-0.2, -0.15) is 0 Å². The molecule has 1 aromatic carbocycles. The van der Waals surface area contributed by atoms with Crippen LogP contribution in [-0.4, -0.2) is 25.5 Å². The Morgan fingerprint density at radius 3 is 2.33 bits per heavy atom. The minimum Gasteiger partial charge on any atom is -0.386 e. The molecule has 1 rings (SSSR count). The summed E-state index contributed by atoms with van der Waals surface area (Å²) in [5, 5.41) is 6.46. The third kappa shape index (κ3) is 4.04. The summed E-state index contributed by atoms with van der Waals surface area (Å²) in [6, 6.07) is 8.38. The Labute approximate surface area is 110 Å². The fourth-order valence-electron chi connectivity index (χ4n) is 1.79. The van der Waals surface area contributed by atoms with Gasteiger partial charge in [-0.1, -0.05) is 26.0 Å². The molecule has 0 saturated carbocycles. The lowest BCUT2D eigenvalue weighted by atomic mass is 10.2. The highest BCUT2D eigenvalue weighted by atomic mass is 15.0. The standard InChI is InChI=1S/C14H24N4/c1-4-11(5-2)17-14(10-15)18-13-9-7-6-8-12(13)16-3/h6-9,11,16H,4-5,10,15H2,1-3H3,(H,17,18). The molecule has 0 atom stereocenters. The number of hydrogen-bond donors (Lipinski definition) is 3. The molecule has 0 radical (unpaired) electrons. The second kappa shape index (κ2) is 7.71. The third-order valence-corrected chi connectivity index (χ3v) is 2.95. The van der Waals surface area contributed by atoms with E-state index in [2.05, 4.69) is 29.5 Å². The quantitative estimate of drug-likeness (QED) is 0.536. The molecule has 4 N–H and O–H groups in total. The molecule has 0 aliphatic carbocycles. The van der Waals surface area contributed by atoms with E-state index in [4.69, 9.17) is 5.73 Å². The van der Waals surface area contributed by atoms with Gasteiger partial charge in [0.15, 0.2) is 0 Å². The zero-order valence-corrected chi connectivity index (χ0v) is 11.5. The number of amidine groups is 1. The average Bonchev–Trinajstić information content (AvgIpc) is 2.43. The first-order valence-electron chi connectivity index (χ1n) is 6.55. The fraction of sp³-hybridized carbons (Fsp3) is 0.500. The zero-order valence-electron chi connectivity index (χ0n) is 11.5. The molecule has 100 valence electrons. The molecule has 0 aliphatic heterocycles. The van der Waals surface area contributed by atoms with Gasteiger partial charge in [0.2, 0.25) is 0 Å². The minimum atomic E-state index is 0.345. The van der Waals surface area contributed by atoms with E-state index in [-0.39, 0.29) is 0 Å². The van der Waals surface area contributed by atoms with Crippen molar-refractivity contribution in [2.45, 2.75) is 32.7 Å². The molecular formula is C14H24N4. The summed E-state index contributed by atoms with van der Waals surface area (Å²) in [6.45, 7) is 4.72. The van der Waals surface area contributed by atoms with Gasteiger partial charge >= 0.3 is 0 Å². The van der Waals surface area contributed by atoms with Crippen LogP contribution in [0.25, 0.3) is 0 Å². The number of nitrogens with two attached hydrogens (primary N) is 1. The molecule has 0 saturated heterocycles. The summed E-state index contributed by atoms with van der Waals surface area (Å²) in [5.74, 6) is 0.839. The predicted octanol–water partition coefficient (Wildman–Crippen LogP) is 2.69. The highest BCUT2D eigenvalue weighted by molar-refractivity contribution is 5.99. The molecule has 1 aromatic rings. The van der Waals surface area contributed by atoms with Crippen LogP contribution in [0.2, 0.25) is 0 Å². The van der Waals surface area contributed by atoms with Crippen LogP contribution in [0.1, 0.15) is 26.7 Å². The molecule has 4 nitrogen and oxygen atoms in total. The second-order valence-electron chi connectivity index (χ2n) is 4.17. The molecule has 0 fully saturated rings. The summed E-state index contributed by atoms with van der Waals surface area (Å²) in [5.41, 5.74) is 7.81. The topological polar surface area (TPSA) is 62.4 Å².